The van der Waals surface area contributed by atoms with Crippen LogP contribution in [0.2, 0.25) is 0 Å². The maximum Gasteiger partial charge on any atom is 0.226 e. The molecule has 0 bridgehead atoms. The van der Waals surface area contributed by atoms with Gasteiger partial charge >= 0.3 is 0 Å². The molecule has 0 unspecified atom stereocenters. The van der Waals surface area contributed by atoms with Crippen LogP contribution in [0.1, 0.15) is 36.3 Å². The van der Waals surface area contributed by atoms with E-state index in [0.29, 0.717) is 17.9 Å². The van der Waals surface area contributed by atoms with Crippen molar-refractivity contribution >= 4 is 11.7 Å². The zero-order chi connectivity index (χ0) is 17.2. The normalized spacial score (nSPS) is 23.3. The Bertz CT molecular complexity index is 740. The molecule has 2 aliphatic rings. The Morgan fingerprint density at radius 1 is 1.20 bits per heavy atom. The summed E-state index contributed by atoms with van der Waals surface area (Å²) < 4.78 is 0. The fourth-order valence-corrected chi connectivity index (χ4v) is 3.80. The highest BCUT2D eigenvalue weighted by molar-refractivity contribution is 5.83. The van der Waals surface area contributed by atoms with Crippen LogP contribution in [0, 0.1) is 12.8 Å². The lowest BCUT2D eigenvalue weighted by Gasteiger charge is -2.32. The third-order valence-corrected chi connectivity index (χ3v) is 5.31. The first-order chi connectivity index (χ1) is 12.2. The largest absolute Gasteiger partial charge is 0.366 e. The highest BCUT2D eigenvalue weighted by Crippen LogP contribution is 2.48. The molecule has 1 aliphatic carbocycles. The van der Waals surface area contributed by atoms with E-state index >= 15 is 0 Å². The highest BCUT2D eigenvalue weighted by Gasteiger charge is 2.46. The number of nitrogens with zero attached hydrogens (tertiary/aromatic N) is 3. The summed E-state index contributed by atoms with van der Waals surface area (Å²) in [6.45, 7) is 3.76. The Balaban J connectivity index is 1.29. The number of piperidine rings is 1. The van der Waals surface area contributed by atoms with Gasteiger partial charge in [-0.3, -0.25) is 4.79 Å². The maximum atomic E-state index is 12.8. The third-order valence-electron chi connectivity index (χ3n) is 5.31. The Kier molecular flexibility index (Phi) is 4.38. The number of likely N-dealkylation sites (tertiary alicyclic amines) is 1. The molecule has 1 aromatic heterocycles. The van der Waals surface area contributed by atoms with Crippen LogP contribution in [0.3, 0.4) is 0 Å². The van der Waals surface area contributed by atoms with Crippen molar-refractivity contribution < 1.29 is 4.79 Å². The summed E-state index contributed by atoms with van der Waals surface area (Å²) >= 11 is 0. The molecular weight excluding hydrogens is 312 g/mol. The first-order valence-electron chi connectivity index (χ1n) is 9.10. The number of anilines is 1. The van der Waals surface area contributed by atoms with Gasteiger partial charge in [-0.1, -0.05) is 29.8 Å². The molecule has 5 heteroatoms. The predicted octanol–water partition coefficient (Wildman–Crippen LogP) is 2.99. The Hall–Kier alpha value is -2.43. The van der Waals surface area contributed by atoms with Gasteiger partial charge in [-0.15, -0.1) is 5.10 Å². The lowest BCUT2D eigenvalue weighted by molar-refractivity contribution is -0.133. The molecule has 5 nitrogen and oxygen atoms in total. The smallest absolute Gasteiger partial charge is 0.226 e. The van der Waals surface area contributed by atoms with Crippen molar-refractivity contribution in [1.82, 2.24) is 15.1 Å². The quantitative estimate of drug-likeness (QED) is 0.932. The fraction of sp³-hybridized carbons (Fsp3) is 0.450. The van der Waals surface area contributed by atoms with E-state index in [9.17, 15) is 4.79 Å². The average molecular weight is 336 g/mol. The number of carbonyl (C=O) groups is 1. The first-order valence-corrected chi connectivity index (χ1v) is 9.10. The van der Waals surface area contributed by atoms with Crippen molar-refractivity contribution in [3.05, 3.63) is 53.7 Å². The van der Waals surface area contributed by atoms with Crippen LogP contribution in [0.15, 0.2) is 42.6 Å². The number of rotatable bonds is 4. The maximum absolute atomic E-state index is 12.8. The molecule has 1 saturated heterocycles. The minimum atomic E-state index is 0.186. The molecular formula is C20H24N4O. The van der Waals surface area contributed by atoms with E-state index in [1.807, 2.05) is 12.1 Å². The van der Waals surface area contributed by atoms with E-state index in [1.54, 1.807) is 6.20 Å². The van der Waals surface area contributed by atoms with Crippen LogP contribution in [0.5, 0.6) is 0 Å². The van der Waals surface area contributed by atoms with E-state index in [0.717, 1.165) is 38.2 Å². The van der Waals surface area contributed by atoms with Gasteiger partial charge in [-0.2, -0.15) is 5.10 Å². The van der Waals surface area contributed by atoms with Gasteiger partial charge in [0, 0.05) is 31.2 Å². The van der Waals surface area contributed by atoms with Gasteiger partial charge in [0.15, 0.2) is 0 Å². The minimum absolute atomic E-state index is 0.186. The molecule has 25 heavy (non-hydrogen) atoms. The number of hydrogen-bond donors (Lipinski definition) is 1. The van der Waals surface area contributed by atoms with E-state index in [2.05, 4.69) is 51.6 Å². The summed E-state index contributed by atoms with van der Waals surface area (Å²) in [5.74, 6) is 1.76. The minimum Gasteiger partial charge on any atom is -0.366 e. The summed E-state index contributed by atoms with van der Waals surface area (Å²) in [6, 6.07) is 12.8. The van der Waals surface area contributed by atoms with Crippen LogP contribution >= 0.6 is 0 Å². The van der Waals surface area contributed by atoms with Crippen molar-refractivity contribution in [1.29, 1.82) is 0 Å². The number of carbonyl (C=O) groups excluding carboxylic acids is 1. The third kappa shape index (κ3) is 3.65. The zero-order valence-corrected chi connectivity index (χ0v) is 14.6. The standard InChI is InChI=1S/C20H24N4O/c1-14-4-2-5-15(12-14)17-13-18(17)20(25)24-10-7-16(8-11-24)22-19-6-3-9-21-23-19/h2-6,9,12,16-18H,7-8,10-11,13H2,1H3,(H,22,23)/t17-,18+/m1/s1. The van der Waals surface area contributed by atoms with E-state index in [-0.39, 0.29) is 5.92 Å². The molecule has 1 aromatic carbocycles. The van der Waals surface area contributed by atoms with Gasteiger partial charge in [0.25, 0.3) is 0 Å². The van der Waals surface area contributed by atoms with Crippen molar-refractivity contribution in [3.8, 4) is 0 Å². The predicted molar refractivity (Wildman–Crippen MR) is 97.3 cm³/mol. The molecule has 1 amide bonds. The molecule has 1 saturated carbocycles. The van der Waals surface area contributed by atoms with Crippen LogP contribution in [0.4, 0.5) is 5.82 Å². The lowest BCUT2D eigenvalue weighted by Crippen LogP contribution is -2.43. The van der Waals surface area contributed by atoms with Crippen LogP contribution in [-0.2, 0) is 4.79 Å². The Morgan fingerprint density at radius 3 is 2.76 bits per heavy atom. The second kappa shape index (κ2) is 6.82. The molecule has 2 atom stereocenters. The van der Waals surface area contributed by atoms with Gasteiger partial charge in [0.05, 0.1) is 0 Å². The molecule has 2 fully saturated rings. The van der Waals surface area contributed by atoms with Gasteiger partial charge < -0.3 is 10.2 Å². The van der Waals surface area contributed by atoms with Crippen LogP contribution in [0.25, 0.3) is 0 Å². The van der Waals surface area contributed by atoms with Crippen molar-refractivity contribution in [2.45, 2.75) is 38.1 Å². The number of benzene rings is 1. The van der Waals surface area contributed by atoms with E-state index in [1.165, 1.54) is 11.1 Å². The molecule has 2 aromatic rings. The molecule has 1 N–H and O–H groups in total. The molecule has 2 heterocycles. The summed E-state index contributed by atoms with van der Waals surface area (Å²) in [5, 5.41) is 11.4. The summed E-state index contributed by atoms with van der Waals surface area (Å²) in [7, 11) is 0. The number of aryl methyl sites for hydroxylation is 1. The van der Waals surface area contributed by atoms with E-state index < -0.39 is 0 Å². The average Bonchev–Trinajstić information content (AvgIpc) is 3.43. The molecule has 4 rings (SSSR count). The highest BCUT2D eigenvalue weighted by atomic mass is 16.2. The Labute approximate surface area is 148 Å². The topological polar surface area (TPSA) is 58.1 Å². The van der Waals surface area contributed by atoms with Gasteiger partial charge in [-0.25, -0.2) is 0 Å². The fourth-order valence-electron chi connectivity index (χ4n) is 3.80. The van der Waals surface area contributed by atoms with Gasteiger partial charge in [-0.05, 0) is 49.8 Å². The summed E-state index contributed by atoms with van der Waals surface area (Å²) in [5.41, 5.74) is 2.59. The molecule has 1 aliphatic heterocycles. The molecule has 0 radical (unpaired) electrons. The zero-order valence-electron chi connectivity index (χ0n) is 14.6. The van der Waals surface area contributed by atoms with Crippen molar-refractivity contribution in [2.24, 2.45) is 5.92 Å². The number of nitrogens with one attached hydrogen (secondary N) is 1. The molecule has 130 valence electrons. The number of amides is 1. The summed E-state index contributed by atoms with van der Waals surface area (Å²) in [6.07, 6.45) is 4.60. The van der Waals surface area contributed by atoms with Crippen molar-refractivity contribution in [3.63, 3.8) is 0 Å². The van der Waals surface area contributed by atoms with Crippen LogP contribution in [-0.4, -0.2) is 40.1 Å². The SMILES string of the molecule is Cc1cccc([C@H]2C[C@@H]2C(=O)N2CCC(Nc3cccnn3)CC2)c1. The van der Waals surface area contributed by atoms with E-state index in [4.69, 9.17) is 0 Å². The second-order valence-corrected chi connectivity index (χ2v) is 7.22. The molecule has 0 spiro atoms. The van der Waals surface area contributed by atoms with Gasteiger partial charge in [0.1, 0.15) is 5.82 Å². The second-order valence-electron chi connectivity index (χ2n) is 7.22. The van der Waals surface area contributed by atoms with Crippen LogP contribution < -0.4 is 5.32 Å². The lowest BCUT2D eigenvalue weighted by atomic mass is 10.0. The first kappa shape index (κ1) is 16.1. The van der Waals surface area contributed by atoms with Crippen molar-refractivity contribution in [2.75, 3.05) is 18.4 Å². The number of aromatic nitrogens is 2. The summed E-state index contributed by atoms with van der Waals surface area (Å²) in [4.78, 5) is 14.8. The number of hydrogen-bond acceptors (Lipinski definition) is 4. The monoisotopic (exact) mass is 336 g/mol. The Morgan fingerprint density at radius 2 is 2.04 bits per heavy atom. The van der Waals surface area contributed by atoms with Gasteiger partial charge in [0.2, 0.25) is 5.91 Å².